The van der Waals surface area contributed by atoms with Crippen molar-refractivity contribution in [2.24, 2.45) is 5.16 Å². The lowest BCUT2D eigenvalue weighted by Crippen LogP contribution is -2.47. The third-order valence-corrected chi connectivity index (χ3v) is 3.49. The number of likely N-dealkylation sites (tertiary alicyclic amines) is 1. The summed E-state index contributed by atoms with van der Waals surface area (Å²) in [6, 6.07) is 0. The fourth-order valence-electron chi connectivity index (χ4n) is 2.36. The third-order valence-electron chi connectivity index (χ3n) is 3.49. The number of carbonyl (C=O) groups is 1. The van der Waals surface area contributed by atoms with Crippen LogP contribution in [-0.4, -0.2) is 48.8 Å². The van der Waals surface area contributed by atoms with E-state index < -0.39 is 0 Å². The van der Waals surface area contributed by atoms with E-state index in [9.17, 15) is 4.79 Å². The van der Waals surface area contributed by atoms with Crippen LogP contribution in [0.25, 0.3) is 0 Å². The van der Waals surface area contributed by atoms with Gasteiger partial charge in [-0.2, -0.15) is 0 Å². The van der Waals surface area contributed by atoms with Crippen molar-refractivity contribution in [2.75, 3.05) is 26.3 Å². The minimum Gasteiger partial charge on any atom is -0.479 e. The van der Waals surface area contributed by atoms with Crippen molar-refractivity contribution in [3.05, 3.63) is 0 Å². The number of rotatable bonds is 3. The molecule has 0 radical (unpaired) electrons. The second-order valence-electron chi connectivity index (χ2n) is 4.97. The van der Waals surface area contributed by atoms with E-state index in [1.54, 1.807) is 4.90 Å². The zero-order chi connectivity index (χ0) is 13.7. The summed E-state index contributed by atoms with van der Waals surface area (Å²) in [6.07, 6.45) is 2.98. The largest absolute Gasteiger partial charge is 0.479 e. The monoisotopic (exact) mass is 270 g/mol. The van der Waals surface area contributed by atoms with E-state index in [0.717, 1.165) is 19.3 Å². The Hall–Kier alpha value is -1.46. The van der Waals surface area contributed by atoms with Gasteiger partial charge in [-0.05, 0) is 13.3 Å². The molecule has 1 amide bonds. The third kappa shape index (κ3) is 3.30. The van der Waals surface area contributed by atoms with Gasteiger partial charge < -0.3 is 19.2 Å². The molecule has 6 heteroatoms. The first-order valence-electron chi connectivity index (χ1n) is 6.98. The van der Waals surface area contributed by atoms with Crippen molar-refractivity contribution in [1.82, 2.24) is 4.90 Å². The first-order chi connectivity index (χ1) is 9.19. The van der Waals surface area contributed by atoms with E-state index in [-0.39, 0.29) is 11.7 Å². The Bertz CT molecular complexity index is 349. The molecule has 0 N–H and O–H groups in total. The Morgan fingerprint density at radius 3 is 2.79 bits per heavy atom. The number of carbonyl (C=O) groups excluding carboxylic acids is 1. The SMILES string of the molecule is CCCOC1=NOC2(CCN(C(=O)OCC)CC2)C1. The van der Waals surface area contributed by atoms with Crippen LogP contribution in [-0.2, 0) is 14.3 Å². The molecule has 2 aliphatic rings. The number of hydrogen-bond acceptors (Lipinski definition) is 5. The highest BCUT2D eigenvalue weighted by molar-refractivity contribution is 5.78. The Kier molecular flexibility index (Phi) is 4.50. The van der Waals surface area contributed by atoms with Crippen LogP contribution in [0.3, 0.4) is 0 Å². The van der Waals surface area contributed by atoms with Crippen molar-refractivity contribution < 1.29 is 19.1 Å². The van der Waals surface area contributed by atoms with Gasteiger partial charge >= 0.3 is 6.09 Å². The van der Waals surface area contributed by atoms with Crippen LogP contribution in [0.5, 0.6) is 0 Å². The fourth-order valence-corrected chi connectivity index (χ4v) is 2.36. The lowest BCUT2D eigenvalue weighted by atomic mass is 9.89. The van der Waals surface area contributed by atoms with Gasteiger partial charge in [-0.3, -0.25) is 0 Å². The molecule has 0 unspecified atom stereocenters. The molecule has 0 atom stereocenters. The minimum absolute atomic E-state index is 0.237. The molecule has 19 heavy (non-hydrogen) atoms. The molecule has 0 aromatic rings. The summed E-state index contributed by atoms with van der Waals surface area (Å²) in [4.78, 5) is 18.9. The van der Waals surface area contributed by atoms with Crippen molar-refractivity contribution in [3.8, 4) is 0 Å². The molecular formula is C13H22N2O4. The van der Waals surface area contributed by atoms with E-state index in [1.807, 2.05) is 6.92 Å². The van der Waals surface area contributed by atoms with Gasteiger partial charge in [0, 0.05) is 25.9 Å². The summed E-state index contributed by atoms with van der Waals surface area (Å²) in [7, 11) is 0. The van der Waals surface area contributed by atoms with E-state index in [1.165, 1.54) is 0 Å². The maximum atomic E-state index is 11.6. The second kappa shape index (κ2) is 6.12. The van der Waals surface area contributed by atoms with Crippen LogP contribution in [0.1, 0.15) is 39.5 Å². The number of ether oxygens (including phenoxy) is 2. The summed E-state index contributed by atoms with van der Waals surface area (Å²) in [5.74, 6) is 0.687. The summed E-state index contributed by atoms with van der Waals surface area (Å²) in [5, 5.41) is 4.02. The van der Waals surface area contributed by atoms with Crippen LogP contribution in [0.15, 0.2) is 5.16 Å². The topological polar surface area (TPSA) is 60.4 Å². The zero-order valence-corrected chi connectivity index (χ0v) is 11.7. The smallest absolute Gasteiger partial charge is 0.409 e. The molecule has 1 saturated heterocycles. The highest BCUT2D eigenvalue weighted by Gasteiger charge is 2.43. The molecule has 1 spiro atoms. The fraction of sp³-hybridized carbons (Fsp3) is 0.846. The average molecular weight is 270 g/mol. The standard InChI is InChI=1S/C13H22N2O4/c1-3-9-18-11-10-13(19-14-11)5-7-15(8-6-13)12(16)17-4-2/h3-10H2,1-2H3. The lowest BCUT2D eigenvalue weighted by molar-refractivity contribution is -0.0591. The van der Waals surface area contributed by atoms with Gasteiger partial charge in [0.05, 0.1) is 19.6 Å². The average Bonchev–Trinajstić information content (AvgIpc) is 2.81. The zero-order valence-electron chi connectivity index (χ0n) is 11.7. The first kappa shape index (κ1) is 14.0. The molecule has 2 rings (SSSR count). The summed E-state index contributed by atoms with van der Waals surface area (Å²) in [5.41, 5.74) is -0.272. The number of piperidine rings is 1. The molecule has 0 aromatic heterocycles. The summed E-state index contributed by atoms with van der Waals surface area (Å²) in [6.45, 7) is 6.26. The highest BCUT2D eigenvalue weighted by Crippen LogP contribution is 2.35. The molecule has 6 nitrogen and oxygen atoms in total. The van der Waals surface area contributed by atoms with Crippen molar-refractivity contribution in [3.63, 3.8) is 0 Å². The van der Waals surface area contributed by atoms with E-state index >= 15 is 0 Å². The Labute approximate surface area is 113 Å². The molecule has 0 aliphatic carbocycles. The first-order valence-corrected chi connectivity index (χ1v) is 6.98. The predicted octanol–water partition coefficient (Wildman–Crippen LogP) is 2.14. The Morgan fingerprint density at radius 2 is 2.16 bits per heavy atom. The Morgan fingerprint density at radius 1 is 1.42 bits per heavy atom. The molecular weight excluding hydrogens is 248 g/mol. The van der Waals surface area contributed by atoms with E-state index in [4.69, 9.17) is 14.3 Å². The lowest BCUT2D eigenvalue weighted by Gasteiger charge is -2.36. The molecule has 1 fully saturated rings. The molecule has 0 aromatic carbocycles. The van der Waals surface area contributed by atoms with Crippen LogP contribution in [0.2, 0.25) is 0 Å². The van der Waals surface area contributed by atoms with Crippen LogP contribution >= 0.6 is 0 Å². The molecule has 0 saturated carbocycles. The van der Waals surface area contributed by atoms with Gasteiger partial charge in [-0.25, -0.2) is 4.79 Å². The minimum atomic E-state index is -0.272. The number of hydrogen-bond donors (Lipinski definition) is 0. The second-order valence-corrected chi connectivity index (χ2v) is 4.97. The number of nitrogens with zero attached hydrogens (tertiary/aromatic N) is 2. The van der Waals surface area contributed by atoms with Gasteiger partial charge in [0.25, 0.3) is 0 Å². The number of amides is 1. The van der Waals surface area contributed by atoms with Crippen LogP contribution in [0.4, 0.5) is 4.79 Å². The number of oxime groups is 1. The van der Waals surface area contributed by atoms with Crippen LogP contribution in [0, 0.1) is 0 Å². The maximum absolute atomic E-state index is 11.6. The predicted molar refractivity (Wildman–Crippen MR) is 69.9 cm³/mol. The van der Waals surface area contributed by atoms with E-state index in [0.29, 0.717) is 38.6 Å². The summed E-state index contributed by atoms with van der Waals surface area (Å²) >= 11 is 0. The molecule has 0 bridgehead atoms. The molecule has 108 valence electrons. The van der Waals surface area contributed by atoms with Gasteiger partial charge in [0.2, 0.25) is 5.90 Å². The van der Waals surface area contributed by atoms with Gasteiger partial charge in [-0.1, -0.05) is 12.1 Å². The maximum Gasteiger partial charge on any atom is 0.409 e. The molecule has 2 aliphatic heterocycles. The van der Waals surface area contributed by atoms with Crippen molar-refractivity contribution in [1.29, 1.82) is 0 Å². The highest BCUT2D eigenvalue weighted by atomic mass is 16.7. The van der Waals surface area contributed by atoms with Gasteiger partial charge in [0.15, 0.2) is 0 Å². The van der Waals surface area contributed by atoms with Crippen LogP contribution < -0.4 is 0 Å². The van der Waals surface area contributed by atoms with Gasteiger partial charge in [0.1, 0.15) is 5.60 Å². The van der Waals surface area contributed by atoms with Crippen molar-refractivity contribution >= 4 is 12.0 Å². The normalized spacial score (nSPS) is 20.9. The Balaban J connectivity index is 1.79. The molecule has 2 heterocycles. The summed E-state index contributed by atoms with van der Waals surface area (Å²) < 4.78 is 10.5. The van der Waals surface area contributed by atoms with Crippen molar-refractivity contribution in [2.45, 2.75) is 45.1 Å². The van der Waals surface area contributed by atoms with E-state index in [2.05, 4.69) is 12.1 Å². The quantitative estimate of drug-likeness (QED) is 0.788. The van der Waals surface area contributed by atoms with Gasteiger partial charge in [-0.15, -0.1) is 0 Å².